The van der Waals surface area contributed by atoms with Crippen molar-refractivity contribution in [3.8, 4) is 6.19 Å². The van der Waals surface area contributed by atoms with Gasteiger partial charge in [0.05, 0.1) is 11.9 Å². The molecule has 0 bridgehead atoms. The van der Waals surface area contributed by atoms with E-state index >= 15 is 0 Å². The first-order chi connectivity index (χ1) is 7.88. The third-order valence-electron chi connectivity index (χ3n) is 2.53. The van der Waals surface area contributed by atoms with Crippen LogP contribution in [0.3, 0.4) is 0 Å². The van der Waals surface area contributed by atoms with E-state index in [1.165, 1.54) is 6.42 Å². The Kier molecular flexibility index (Phi) is 3.34. The molecule has 1 aromatic rings. The normalized spacial score (nSPS) is 16.1. The predicted molar refractivity (Wildman–Crippen MR) is 61.7 cm³/mol. The molecule has 1 aliphatic carbocycles. The van der Waals surface area contributed by atoms with Gasteiger partial charge in [-0.1, -0.05) is 0 Å². The number of pyridine rings is 1. The van der Waals surface area contributed by atoms with Gasteiger partial charge < -0.3 is 10.6 Å². The van der Waals surface area contributed by atoms with Gasteiger partial charge in [-0.3, -0.25) is 4.98 Å². The fourth-order valence-electron chi connectivity index (χ4n) is 1.47. The molecule has 5 heteroatoms. The van der Waals surface area contributed by atoms with Gasteiger partial charge in [0, 0.05) is 12.2 Å². The third kappa shape index (κ3) is 2.70. The molecule has 82 valence electrons. The molecule has 1 aliphatic rings. The molecule has 1 fully saturated rings. The molecule has 0 atom stereocenters. The van der Waals surface area contributed by atoms with Crippen LogP contribution in [-0.2, 0) is 0 Å². The topological polar surface area (TPSA) is 73.1 Å². The number of guanidine groups is 1. The molecule has 0 radical (unpaired) electrons. The second-order valence-corrected chi connectivity index (χ2v) is 3.70. The SMILES string of the molecule is N#CN=C(Nc1cccnc1)NC1CCC1. The number of hydrogen-bond donors (Lipinski definition) is 2. The Morgan fingerprint density at radius 3 is 3.00 bits per heavy atom. The summed E-state index contributed by atoms with van der Waals surface area (Å²) >= 11 is 0. The Labute approximate surface area is 94.2 Å². The molecule has 0 saturated heterocycles. The van der Waals surface area contributed by atoms with Crippen molar-refractivity contribution in [2.75, 3.05) is 5.32 Å². The van der Waals surface area contributed by atoms with E-state index in [0.29, 0.717) is 12.0 Å². The molecular weight excluding hydrogens is 202 g/mol. The Morgan fingerprint density at radius 2 is 2.44 bits per heavy atom. The van der Waals surface area contributed by atoms with Crippen LogP contribution in [0.4, 0.5) is 5.69 Å². The van der Waals surface area contributed by atoms with E-state index < -0.39 is 0 Å². The molecule has 2 rings (SSSR count). The number of nitrogens with zero attached hydrogens (tertiary/aromatic N) is 3. The van der Waals surface area contributed by atoms with E-state index in [1.54, 1.807) is 18.6 Å². The van der Waals surface area contributed by atoms with Gasteiger partial charge in [0.2, 0.25) is 12.2 Å². The van der Waals surface area contributed by atoms with Gasteiger partial charge in [0.15, 0.2) is 0 Å². The number of aliphatic imine (C=N–C) groups is 1. The van der Waals surface area contributed by atoms with Crippen molar-refractivity contribution < 1.29 is 0 Å². The van der Waals surface area contributed by atoms with Crippen LogP contribution in [0.2, 0.25) is 0 Å². The highest BCUT2D eigenvalue weighted by atomic mass is 15.2. The lowest BCUT2D eigenvalue weighted by atomic mass is 9.93. The number of nitriles is 1. The summed E-state index contributed by atoms with van der Waals surface area (Å²) in [7, 11) is 0. The van der Waals surface area contributed by atoms with Crippen molar-refractivity contribution in [2.24, 2.45) is 4.99 Å². The maximum Gasteiger partial charge on any atom is 0.212 e. The first kappa shape index (κ1) is 10.4. The largest absolute Gasteiger partial charge is 0.352 e. The van der Waals surface area contributed by atoms with Crippen LogP contribution in [0.1, 0.15) is 19.3 Å². The second kappa shape index (κ2) is 5.12. The Hall–Kier alpha value is -2.09. The maximum atomic E-state index is 8.59. The highest BCUT2D eigenvalue weighted by molar-refractivity contribution is 5.94. The first-order valence-electron chi connectivity index (χ1n) is 5.29. The molecule has 2 N–H and O–H groups in total. The highest BCUT2D eigenvalue weighted by Crippen LogP contribution is 2.18. The van der Waals surface area contributed by atoms with E-state index in [-0.39, 0.29) is 0 Å². The Morgan fingerprint density at radius 1 is 1.56 bits per heavy atom. The number of nitrogens with one attached hydrogen (secondary N) is 2. The van der Waals surface area contributed by atoms with Gasteiger partial charge in [-0.15, -0.1) is 4.99 Å². The monoisotopic (exact) mass is 215 g/mol. The number of rotatable bonds is 2. The summed E-state index contributed by atoms with van der Waals surface area (Å²) in [5.74, 6) is 0.500. The second-order valence-electron chi connectivity index (χ2n) is 3.70. The molecule has 16 heavy (non-hydrogen) atoms. The predicted octanol–water partition coefficient (Wildman–Crippen LogP) is 1.47. The van der Waals surface area contributed by atoms with Gasteiger partial charge in [0.1, 0.15) is 0 Å². The van der Waals surface area contributed by atoms with Crippen molar-refractivity contribution in [3.63, 3.8) is 0 Å². The van der Waals surface area contributed by atoms with Crippen molar-refractivity contribution >= 4 is 11.6 Å². The van der Waals surface area contributed by atoms with Crippen LogP contribution in [-0.4, -0.2) is 17.0 Å². The molecule has 1 heterocycles. The lowest BCUT2D eigenvalue weighted by molar-refractivity contribution is 0.383. The molecule has 0 unspecified atom stereocenters. The summed E-state index contributed by atoms with van der Waals surface area (Å²) in [4.78, 5) is 7.70. The minimum absolute atomic E-state index is 0.441. The molecular formula is C11H13N5. The van der Waals surface area contributed by atoms with E-state index in [0.717, 1.165) is 18.5 Å². The van der Waals surface area contributed by atoms with Gasteiger partial charge >= 0.3 is 0 Å². The summed E-state index contributed by atoms with van der Waals surface area (Å²) in [5.41, 5.74) is 0.823. The van der Waals surface area contributed by atoms with Gasteiger partial charge in [-0.05, 0) is 31.4 Å². The van der Waals surface area contributed by atoms with Crippen LogP contribution < -0.4 is 10.6 Å². The van der Waals surface area contributed by atoms with Gasteiger partial charge in [-0.2, -0.15) is 5.26 Å². The minimum Gasteiger partial charge on any atom is -0.352 e. The summed E-state index contributed by atoms with van der Waals surface area (Å²) in [6.45, 7) is 0. The number of aromatic nitrogens is 1. The molecule has 1 saturated carbocycles. The first-order valence-corrected chi connectivity index (χ1v) is 5.29. The zero-order valence-corrected chi connectivity index (χ0v) is 8.85. The van der Waals surface area contributed by atoms with Crippen molar-refractivity contribution in [3.05, 3.63) is 24.5 Å². The fourth-order valence-corrected chi connectivity index (χ4v) is 1.47. The van der Waals surface area contributed by atoms with Crippen molar-refractivity contribution in [1.82, 2.24) is 10.3 Å². The lowest BCUT2D eigenvalue weighted by Crippen LogP contribution is -2.42. The zero-order valence-electron chi connectivity index (χ0n) is 8.85. The van der Waals surface area contributed by atoms with Crippen LogP contribution in [0, 0.1) is 11.5 Å². The number of anilines is 1. The summed E-state index contributed by atoms with van der Waals surface area (Å²) in [6, 6.07) is 4.15. The zero-order chi connectivity index (χ0) is 11.2. The van der Waals surface area contributed by atoms with E-state index in [4.69, 9.17) is 5.26 Å². The van der Waals surface area contributed by atoms with Crippen LogP contribution in [0.5, 0.6) is 0 Å². The van der Waals surface area contributed by atoms with E-state index in [9.17, 15) is 0 Å². The van der Waals surface area contributed by atoms with Crippen LogP contribution >= 0.6 is 0 Å². The Bertz CT molecular complexity index is 402. The Balaban J connectivity index is 1.98. The molecule has 5 nitrogen and oxygen atoms in total. The number of hydrogen-bond acceptors (Lipinski definition) is 3. The maximum absolute atomic E-state index is 8.59. The molecule has 1 aromatic heterocycles. The van der Waals surface area contributed by atoms with Crippen LogP contribution in [0.25, 0.3) is 0 Å². The molecule has 0 aliphatic heterocycles. The molecule has 0 aromatic carbocycles. The van der Waals surface area contributed by atoms with Crippen molar-refractivity contribution in [1.29, 1.82) is 5.26 Å². The highest BCUT2D eigenvalue weighted by Gasteiger charge is 2.18. The van der Waals surface area contributed by atoms with Gasteiger partial charge in [-0.25, -0.2) is 0 Å². The van der Waals surface area contributed by atoms with Gasteiger partial charge in [0.25, 0.3) is 0 Å². The molecule has 0 amide bonds. The lowest BCUT2D eigenvalue weighted by Gasteiger charge is -2.27. The smallest absolute Gasteiger partial charge is 0.212 e. The summed E-state index contributed by atoms with van der Waals surface area (Å²) in [5, 5.41) is 14.8. The molecule has 0 spiro atoms. The summed E-state index contributed by atoms with van der Waals surface area (Å²) < 4.78 is 0. The summed E-state index contributed by atoms with van der Waals surface area (Å²) in [6.07, 6.45) is 8.69. The third-order valence-corrected chi connectivity index (χ3v) is 2.53. The quantitative estimate of drug-likeness (QED) is 0.445. The van der Waals surface area contributed by atoms with Crippen molar-refractivity contribution in [2.45, 2.75) is 25.3 Å². The van der Waals surface area contributed by atoms with E-state index in [1.807, 2.05) is 12.1 Å². The van der Waals surface area contributed by atoms with E-state index in [2.05, 4.69) is 20.6 Å². The average Bonchev–Trinajstić information content (AvgIpc) is 2.25. The average molecular weight is 215 g/mol. The fraction of sp³-hybridized carbons (Fsp3) is 0.364. The standard InChI is InChI=1S/C11H13N5/c12-8-14-11(15-9-3-1-4-9)16-10-5-2-6-13-7-10/h2,5-7,9H,1,3-4H2,(H2,14,15,16). The minimum atomic E-state index is 0.441. The van der Waals surface area contributed by atoms with Crippen LogP contribution in [0.15, 0.2) is 29.5 Å².